The molecule has 0 saturated carbocycles. The van der Waals surface area contributed by atoms with Crippen molar-refractivity contribution in [2.45, 2.75) is 200 Å². The van der Waals surface area contributed by atoms with Gasteiger partial charge in [-0.2, -0.15) is 0 Å². The van der Waals surface area contributed by atoms with Gasteiger partial charge >= 0.3 is 19.8 Å². The van der Waals surface area contributed by atoms with Crippen LogP contribution in [0.25, 0.3) is 0 Å². The number of nitrogens with zero attached hydrogens (tertiary/aromatic N) is 1. The summed E-state index contributed by atoms with van der Waals surface area (Å²) in [5.41, 5.74) is 0. The molecule has 2 unspecified atom stereocenters. The maximum atomic E-state index is 12.8. The van der Waals surface area contributed by atoms with Crippen molar-refractivity contribution in [3.8, 4) is 0 Å². The molecular weight excluding hydrogens is 1060 g/mol. The fourth-order valence-corrected chi connectivity index (χ4v) is 8.23. The number of phosphoric ester groups is 1. The van der Waals surface area contributed by atoms with Crippen LogP contribution in [-0.2, 0) is 32.7 Å². The summed E-state index contributed by atoms with van der Waals surface area (Å²) in [4.78, 5) is 35.8. The van der Waals surface area contributed by atoms with Crippen LogP contribution < -0.4 is 0 Å². The number of esters is 2. The van der Waals surface area contributed by atoms with Gasteiger partial charge in [0.15, 0.2) is 6.10 Å². The average Bonchev–Trinajstić information content (AvgIpc) is 3.61. The zero-order chi connectivity index (χ0) is 61.2. The Labute approximate surface area is 513 Å². The Bertz CT molecular complexity index is 2170. The van der Waals surface area contributed by atoms with Crippen molar-refractivity contribution in [2.24, 2.45) is 0 Å². The summed E-state index contributed by atoms with van der Waals surface area (Å²) in [6.45, 7) is 4.09. The molecule has 0 fully saturated rings. The lowest BCUT2D eigenvalue weighted by molar-refractivity contribution is -0.870. The topological polar surface area (TPSA) is 108 Å². The highest BCUT2D eigenvalue weighted by Gasteiger charge is 2.27. The molecule has 0 aromatic carbocycles. The van der Waals surface area contributed by atoms with Crippen molar-refractivity contribution in [2.75, 3.05) is 47.5 Å². The van der Waals surface area contributed by atoms with Crippen molar-refractivity contribution < 1.29 is 42.1 Å². The van der Waals surface area contributed by atoms with Gasteiger partial charge in [-0.05, 0) is 148 Å². The van der Waals surface area contributed by atoms with Gasteiger partial charge in [0.2, 0.25) is 0 Å². The van der Waals surface area contributed by atoms with Crippen LogP contribution >= 0.6 is 7.82 Å². The summed E-state index contributed by atoms with van der Waals surface area (Å²) in [5.74, 6) is -0.892. The molecule has 0 bridgehead atoms. The molecule has 1 N–H and O–H groups in total. The fraction of sp³-hybridized carbons (Fsp3) is 0.514. The summed E-state index contributed by atoms with van der Waals surface area (Å²) in [7, 11) is 1.40. The largest absolute Gasteiger partial charge is 0.472 e. The number of carbonyl (C=O) groups excluding carboxylic acids is 2. The number of hydrogen-bond acceptors (Lipinski definition) is 7. The maximum absolute atomic E-state index is 12.8. The minimum atomic E-state index is -4.43. The minimum Gasteiger partial charge on any atom is -0.462 e. The van der Waals surface area contributed by atoms with E-state index in [1.54, 1.807) is 0 Å². The molecule has 0 heterocycles. The summed E-state index contributed by atoms with van der Waals surface area (Å²) >= 11 is 0. The van der Waals surface area contributed by atoms with Gasteiger partial charge in [0.25, 0.3) is 0 Å². The second-order valence-corrected chi connectivity index (χ2v) is 22.8. The lowest BCUT2D eigenvalue weighted by Crippen LogP contribution is -2.37. The van der Waals surface area contributed by atoms with Gasteiger partial charge in [-0.15, -0.1) is 0 Å². The van der Waals surface area contributed by atoms with Gasteiger partial charge in [-0.3, -0.25) is 18.6 Å². The number of carbonyl (C=O) groups is 2. The third kappa shape index (κ3) is 65.7. The van der Waals surface area contributed by atoms with E-state index in [-0.39, 0.29) is 26.1 Å². The Morgan fingerprint density at radius 1 is 0.369 bits per heavy atom. The highest BCUT2D eigenvalue weighted by Crippen LogP contribution is 2.43. The lowest BCUT2D eigenvalue weighted by atomic mass is 10.1. The van der Waals surface area contributed by atoms with Crippen molar-refractivity contribution in [3.63, 3.8) is 0 Å². The van der Waals surface area contributed by atoms with Crippen molar-refractivity contribution >= 4 is 19.8 Å². The third-order valence-electron chi connectivity index (χ3n) is 12.3. The maximum Gasteiger partial charge on any atom is 0.472 e. The Kier molecular flexibility index (Phi) is 58.1. The molecule has 2 atom stereocenters. The van der Waals surface area contributed by atoms with E-state index < -0.39 is 32.5 Å². The number of unbranched alkanes of at least 4 members (excludes halogenated alkanes) is 7. The van der Waals surface area contributed by atoms with E-state index in [9.17, 15) is 19.0 Å². The second-order valence-electron chi connectivity index (χ2n) is 21.3. The number of likely N-dealkylation sites (N-methyl/N-ethyl adjacent to an activating group) is 1. The van der Waals surface area contributed by atoms with Crippen LogP contribution in [0.5, 0.6) is 0 Å². The first-order valence-electron chi connectivity index (χ1n) is 31.8. The molecule has 0 amide bonds. The third-order valence-corrected chi connectivity index (χ3v) is 13.3. The molecule has 0 radical (unpaired) electrons. The van der Waals surface area contributed by atoms with Crippen molar-refractivity contribution in [3.05, 3.63) is 207 Å². The van der Waals surface area contributed by atoms with Gasteiger partial charge in [0.05, 0.1) is 27.7 Å². The number of allylic oxidation sites excluding steroid dienone is 34. The van der Waals surface area contributed by atoms with Crippen molar-refractivity contribution in [1.82, 2.24) is 0 Å². The average molecular weight is 1180 g/mol. The Morgan fingerprint density at radius 3 is 0.976 bits per heavy atom. The van der Waals surface area contributed by atoms with Crippen LogP contribution in [0.4, 0.5) is 0 Å². The summed E-state index contributed by atoms with van der Waals surface area (Å²) < 4.78 is 34.5. The summed E-state index contributed by atoms with van der Waals surface area (Å²) in [6.07, 6.45) is 99.1. The molecule has 0 aliphatic heterocycles. The molecule has 0 aliphatic rings. The van der Waals surface area contributed by atoms with E-state index in [0.717, 1.165) is 154 Å². The molecule has 468 valence electrons. The normalized spacial score (nSPS) is 14.6. The monoisotopic (exact) mass is 1180 g/mol. The molecule has 0 aromatic heterocycles. The van der Waals surface area contributed by atoms with E-state index in [4.69, 9.17) is 18.5 Å². The van der Waals surface area contributed by atoms with Gasteiger partial charge in [-0.1, -0.05) is 240 Å². The van der Waals surface area contributed by atoms with Crippen LogP contribution in [0.15, 0.2) is 207 Å². The molecule has 0 aliphatic carbocycles. The highest BCUT2D eigenvalue weighted by atomic mass is 31.2. The van der Waals surface area contributed by atoms with E-state index in [0.29, 0.717) is 23.9 Å². The molecular formula is C74H115NO8P+. The second kappa shape index (κ2) is 62.1. The van der Waals surface area contributed by atoms with Gasteiger partial charge in [0, 0.05) is 12.8 Å². The smallest absolute Gasteiger partial charge is 0.462 e. The van der Waals surface area contributed by atoms with Crippen LogP contribution in [0.1, 0.15) is 194 Å². The first-order valence-corrected chi connectivity index (χ1v) is 33.3. The molecule has 0 spiro atoms. The predicted octanol–water partition coefficient (Wildman–Crippen LogP) is 20.7. The zero-order valence-electron chi connectivity index (χ0n) is 53.0. The summed E-state index contributed by atoms with van der Waals surface area (Å²) in [6, 6.07) is 0. The first kappa shape index (κ1) is 78.6. The molecule has 0 saturated heterocycles. The number of ether oxygens (including phenoxy) is 2. The highest BCUT2D eigenvalue weighted by molar-refractivity contribution is 7.47. The van der Waals surface area contributed by atoms with Gasteiger partial charge < -0.3 is 18.9 Å². The van der Waals surface area contributed by atoms with Gasteiger partial charge in [0.1, 0.15) is 19.8 Å². The number of hydrogen-bond donors (Lipinski definition) is 1. The molecule has 10 heteroatoms. The number of quaternary nitrogens is 1. The molecule has 0 rings (SSSR count). The van der Waals surface area contributed by atoms with Gasteiger partial charge in [-0.25, -0.2) is 4.57 Å². The Balaban J connectivity index is 4.34. The standard InChI is InChI=1S/C74H114NO8P/c1-6-8-10-12-14-16-18-20-22-24-26-28-30-32-34-35-36-37-38-39-41-43-45-47-49-51-53-55-57-59-61-63-65-67-74(77)83-72(71-82-84(78,79)81-69-68-75(3,4)5)70-80-73(76)66-64-62-60-58-56-54-52-50-48-46-44-42-40-33-31-29-27-25-23-21-19-17-15-13-11-9-7-2/h8-11,14-17,20-23,26-29,32-34,36-37,39-41,44-47,50-53,57,59,72H,6-7,12-13,18-19,24-25,30-31,35,38,42-43,48-49,54-56,58,60-71H2,1-5H3/p+1/b10-8-,11-9-,16-14-,17-15-,22-20-,23-21-,28-26-,29-27-,34-32-,37-36-,40-33-,41-39-,46-44-,47-45-,52-50-,53-51-,59-57-. The number of phosphoric acid groups is 1. The fourth-order valence-electron chi connectivity index (χ4n) is 7.49. The first-order chi connectivity index (χ1) is 41.0. The van der Waals surface area contributed by atoms with E-state index in [1.807, 2.05) is 21.1 Å². The van der Waals surface area contributed by atoms with E-state index in [2.05, 4.69) is 220 Å². The minimum absolute atomic E-state index is 0.00626. The molecule has 0 aromatic rings. The van der Waals surface area contributed by atoms with Crippen LogP contribution in [0.2, 0.25) is 0 Å². The predicted molar refractivity (Wildman–Crippen MR) is 361 cm³/mol. The van der Waals surface area contributed by atoms with Crippen LogP contribution in [-0.4, -0.2) is 74.9 Å². The Morgan fingerprint density at radius 2 is 0.643 bits per heavy atom. The van der Waals surface area contributed by atoms with Crippen LogP contribution in [0, 0.1) is 0 Å². The zero-order valence-corrected chi connectivity index (χ0v) is 53.9. The SMILES string of the molecule is CC/C=C\C/C=C\C/C=C\C/C=C\C/C=C\C/C=C\C/C=C\C/C=C\C/C=C\C/C=C\CCCCC(=O)OC(COC(=O)CCCCCCC/C=C\C/C=C\C/C=C\C/C=C\C/C=C\C/C=C\C/C=C\CC)COP(=O)(O)OCC[N+](C)(C)C. The van der Waals surface area contributed by atoms with Crippen LogP contribution in [0.3, 0.4) is 0 Å². The van der Waals surface area contributed by atoms with E-state index >= 15 is 0 Å². The molecule has 84 heavy (non-hydrogen) atoms. The molecule has 9 nitrogen and oxygen atoms in total. The quantitative estimate of drug-likeness (QED) is 0.0211. The van der Waals surface area contributed by atoms with E-state index in [1.165, 1.54) is 0 Å². The number of rotatable bonds is 55. The lowest BCUT2D eigenvalue weighted by Gasteiger charge is -2.24. The summed E-state index contributed by atoms with van der Waals surface area (Å²) in [5, 5.41) is 0. The Hall–Kier alpha value is -5.41. The van der Waals surface area contributed by atoms with Crippen molar-refractivity contribution in [1.29, 1.82) is 0 Å².